The molecule has 6 nitrogen and oxygen atoms in total. The number of halogens is 1. The molecule has 3 heterocycles. The van der Waals surface area contributed by atoms with E-state index >= 15 is 0 Å². The van der Waals surface area contributed by atoms with Crippen molar-refractivity contribution in [1.29, 1.82) is 0 Å². The van der Waals surface area contributed by atoms with Crippen molar-refractivity contribution in [2.75, 3.05) is 12.0 Å². The number of benzene rings is 3. The van der Waals surface area contributed by atoms with E-state index in [-0.39, 0.29) is 16.8 Å². The van der Waals surface area contributed by atoms with E-state index in [9.17, 15) is 14.0 Å². The number of rotatable bonds is 3. The van der Waals surface area contributed by atoms with Crippen LogP contribution in [0.25, 0.3) is 21.2 Å². The lowest BCUT2D eigenvalue weighted by Gasteiger charge is -2.22. The molecular formula is C26H17FN2O4S. The molecule has 2 aromatic heterocycles. The lowest BCUT2D eigenvalue weighted by Crippen LogP contribution is -2.29. The van der Waals surface area contributed by atoms with Gasteiger partial charge in [-0.3, -0.25) is 14.5 Å². The van der Waals surface area contributed by atoms with Crippen LogP contribution in [0.4, 0.5) is 9.52 Å². The van der Waals surface area contributed by atoms with E-state index in [1.807, 2.05) is 25.1 Å². The molecule has 1 atom stereocenters. The number of thiazole rings is 1. The largest absolute Gasteiger partial charge is 0.497 e. The van der Waals surface area contributed by atoms with Crippen LogP contribution >= 0.6 is 11.3 Å². The van der Waals surface area contributed by atoms with E-state index in [2.05, 4.69) is 4.98 Å². The maximum atomic E-state index is 13.7. The van der Waals surface area contributed by atoms with Gasteiger partial charge in [-0.15, -0.1) is 0 Å². The van der Waals surface area contributed by atoms with E-state index in [0.29, 0.717) is 32.9 Å². The molecule has 0 saturated heterocycles. The fourth-order valence-electron chi connectivity index (χ4n) is 4.37. The van der Waals surface area contributed by atoms with Gasteiger partial charge in [-0.1, -0.05) is 35.1 Å². The van der Waals surface area contributed by atoms with E-state index in [1.54, 1.807) is 37.4 Å². The second kappa shape index (κ2) is 7.50. The highest BCUT2D eigenvalue weighted by molar-refractivity contribution is 7.22. The van der Waals surface area contributed by atoms with Crippen LogP contribution in [-0.4, -0.2) is 18.0 Å². The van der Waals surface area contributed by atoms with E-state index < -0.39 is 17.8 Å². The Balaban J connectivity index is 1.62. The number of carbonyl (C=O) groups excluding carboxylic acids is 1. The fraction of sp³-hybridized carbons (Fsp3) is 0.115. The molecule has 0 fully saturated rings. The molecule has 168 valence electrons. The number of methoxy groups -OCH3 is 1. The van der Waals surface area contributed by atoms with Crippen molar-refractivity contribution >= 4 is 43.6 Å². The van der Waals surface area contributed by atoms with Gasteiger partial charge in [0.1, 0.15) is 17.1 Å². The Bertz CT molecular complexity index is 1670. The summed E-state index contributed by atoms with van der Waals surface area (Å²) >= 11 is 1.31. The van der Waals surface area contributed by atoms with Crippen LogP contribution in [0.2, 0.25) is 0 Å². The van der Waals surface area contributed by atoms with Crippen LogP contribution in [0.3, 0.4) is 0 Å². The molecule has 0 N–H and O–H groups in total. The molecule has 0 spiro atoms. The Hall–Kier alpha value is -4.04. The van der Waals surface area contributed by atoms with Crippen molar-refractivity contribution < 1.29 is 18.3 Å². The lowest BCUT2D eigenvalue weighted by molar-refractivity contribution is 0.0971. The molecule has 3 aromatic carbocycles. The first-order chi connectivity index (χ1) is 16.4. The first kappa shape index (κ1) is 20.6. The molecule has 0 unspecified atom stereocenters. The second-order valence-corrected chi connectivity index (χ2v) is 9.14. The molecule has 8 heteroatoms. The van der Waals surface area contributed by atoms with Gasteiger partial charge in [-0.2, -0.15) is 0 Å². The smallest absolute Gasteiger partial charge is 0.297 e. The van der Waals surface area contributed by atoms with Gasteiger partial charge in [0, 0.05) is 0 Å². The fourth-order valence-corrected chi connectivity index (χ4v) is 5.39. The van der Waals surface area contributed by atoms with Crippen LogP contribution in [0.1, 0.15) is 33.3 Å². The molecule has 0 radical (unpaired) electrons. The van der Waals surface area contributed by atoms with Crippen molar-refractivity contribution in [2.45, 2.75) is 13.0 Å². The first-order valence-corrected chi connectivity index (χ1v) is 11.4. The number of hydrogen-bond donors (Lipinski definition) is 0. The summed E-state index contributed by atoms with van der Waals surface area (Å²) in [6.07, 6.45) is 0. The molecule has 1 aliphatic heterocycles. The van der Waals surface area contributed by atoms with Crippen LogP contribution in [-0.2, 0) is 0 Å². The van der Waals surface area contributed by atoms with Gasteiger partial charge in [-0.25, -0.2) is 9.37 Å². The van der Waals surface area contributed by atoms with E-state index in [1.165, 1.54) is 28.4 Å². The summed E-state index contributed by atoms with van der Waals surface area (Å²) < 4.78 is 25.8. The van der Waals surface area contributed by atoms with Gasteiger partial charge < -0.3 is 9.15 Å². The van der Waals surface area contributed by atoms with Crippen molar-refractivity contribution in [1.82, 2.24) is 4.98 Å². The minimum Gasteiger partial charge on any atom is -0.497 e. The number of ether oxygens (including phenoxy) is 1. The van der Waals surface area contributed by atoms with Crippen LogP contribution in [0.15, 0.2) is 69.9 Å². The number of anilines is 1. The molecular weight excluding hydrogens is 455 g/mol. The predicted molar refractivity (Wildman–Crippen MR) is 128 cm³/mol. The highest BCUT2D eigenvalue weighted by Gasteiger charge is 2.45. The average molecular weight is 472 g/mol. The number of fused-ring (bicyclic) bond motifs is 3. The Morgan fingerprint density at radius 2 is 1.85 bits per heavy atom. The minimum atomic E-state index is -0.799. The van der Waals surface area contributed by atoms with Gasteiger partial charge in [0.2, 0.25) is 5.76 Å². The predicted octanol–water partition coefficient (Wildman–Crippen LogP) is 5.61. The topological polar surface area (TPSA) is 72.6 Å². The average Bonchev–Trinajstić information content (AvgIpc) is 3.38. The molecule has 5 aromatic rings. The molecule has 34 heavy (non-hydrogen) atoms. The van der Waals surface area contributed by atoms with Gasteiger partial charge >= 0.3 is 0 Å². The molecule has 0 saturated carbocycles. The molecule has 0 bridgehead atoms. The Morgan fingerprint density at radius 1 is 1.06 bits per heavy atom. The third-order valence-electron chi connectivity index (χ3n) is 6.00. The van der Waals surface area contributed by atoms with Crippen LogP contribution < -0.4 is 15.1 Å². The Labute approximate surface area is 196 Å². The summed E-state index contributed by atoms with van der Waals surface area (Å²) in [4.78, 5) is 33.5. The third-order valence-corrected chi connectivity index (χ3v) is 7.02. The zero-order valence-corrected chi connectivity index (χ0v) is 19.0. The number of aryl methyl sites for hydroxylation is 1. The summed E-state index contributed by atoms with van der Waals surface area (Å²) in [6.45, 7) is 1.89. The molecule has 1 aliphatic rings. The van der Waals surface area contributed by atoms with Crippen molar-refractivity contribution in [3.63, 3.8) is 0 Å². The minimum absolute atomic E-state index is 0.0208. The van der Waals surface area contributed by atoms with Gasteiger partial charge in [-0.05, 0) is 55.0 Å². The summed E-state index contributed by atoms with van der Waals surface area (Å²) in [6, 6.07) is 15.7. The lowest BCUT2D eigenvalue weighted by atomic mass is 9.98. The maximum Gasteiger partial charge on any atom is 0.297 e. The van der Waals surface area contributed by atoms with Crippen molar-refractivity contribution in [3.8, 4) is 5.75 Å². The number of amides is 1. The summed E-state index contributed by atoms with van der Waals surface area (Å²) in [5, 5.41) is 0.808. The highest BCUT2D eigenvalue weighted by atomic mass is 32.1. The van der Waals surface area contributed by atoms with Gasteiger partial charge in [0.25, 0.3) is 5.91 Å². The first-order valence-electron chi connectivity index (χ1n) is 10.6. The second-order valence-electron chi connectivity index (χ2n) is 8.13. The normalized spacial score (nSPS) is 15.3. The molecule has 0 aliphatic carbocycles. The highest BCUT2D eigenvalue weighted by Crippen LogP contribution is 2.44. The SMILES string of the molecule is COc1ccc2nc(N3C(=O)c4oc5ccc(C)cc5c(=O)c4[C@H]3c3ccc(F)cc3)sc2c1. The Morgan fingerprint density at radius 3 is 2.62 bits per heavy atom. The van der Waals surface area contributed by atoms with Gasteiger partial charge in [0.15, 0.2) is 10.6 Å². The molecule has 1 amide bonds. The van der Waals surface area contributed by atoms with Gasteiger partial charge in [0.05, 0.1) is 34.3 Å². The third kappa shape index (κ3) is 3.03. The standard InChI is InChI=1S/C26H17FN2O4S/c1-13-3-10-19-17(11-13)23(30)21-22(14-4-6-15(27)7-5-14)29(25(31)24(21)33-19)26-28-18-9-8-16(32-2)12-20(18)34-26/h3-12,22H,1-2H3/t22-/m1/s1. The summed E-state index contributed by atoms with van der Waals surface area (Å²) in [7, 11) is 1.58. The number of nitrogens with zero attached hydrogens (tertiary/aromatic N) is 2. The number of carbonyl (C=O) groups is 1. The van der Waals surface area contributed by atoms with Crippen molar-refractivity contribution in [3.05, 3.63) is 99.2 Å². The summed E-state index contributed by atoms with van der Waals surface area (Å²) in [5.41, 5.74) is 2.47. The van der Waals surface area contributed by atoms with Crippen LogP contribution in [0.5, 0.6) is 5.75 Å². The van der Waals surface area contributed by atoms with E-state index in [4.69, 9.17) is 9.15 Å². The van der Waals surface area contributed by atoms with Crippen molar-refractivity contribution in [2.24, 2.45) is 0 Å². The zero-order chi connectivity index (χ0) is 23.6. The molecule has 6 rings (SSSR count). The Kier molecular flexibility index (Phi) is 4.53. The quantitative estimate of drug-likeness (QED) is 0.341. The zero-order valence-electron chi connectivity index (χ0n) is 18.2. The van der Waals surface area contributed by atoms with E-state index in [0.717, 1.165) is 10.3 Å². The number of aromatic nitrogens is 1. The monoisotopic (exact) mass is 472 g/mol. The van der Waals surface area contributed by atoms with Crippen LogP contribution in [0, 0.1) is 12.7 Å². The maximum absolute atomic E-state index is 13.7. The summed E-state index contributed by atoms with van der Waals surface area (Å²) in [5.74, 6) is -0.220. The number of hydrogen-bond acceptors (Lipinski definition) is 6.